The third-order valence-corrected chi connectivity index (χ3v) is 7.39. The van der Waals surface area contributed by atoms with E-state index in [0.29, 0.717) is 45.1 Å². The number of hydrogen-bond acceptors (Lipinski definition) is 9. The number of methoxy groups -OCH3 is 1. The summed E-state index contributed by atoms with van der Waals surface area (Å²) in [5.74, 6) is -0.800. The van der Waals surface area contributed by atoms with Gasteiger partial charge in [0.15, 0.2) is 5.79 Å². The predicted octanol–water partition coefficient (Wildman–Crippen LogP) is 5.23. The van der Waals surface area contributed by atoms with Crippen molar-refractivity contribution in [2.24, 2.45) is 11.3 Å². The Morgan fingerprint density at radius 2 is 1.42 bits per heavy atom. The highest BCUT2D eigenvalue weighted by Gasteiger charge is 2.40. The van der Waals surface area contributed by atoms with Crippen molar-refractivity contribution in [2.45, 2.75) is 138 Å². The van der Waals surface area contributed by atoms with E-state index in [-0.39, 0.29) is 68.1 Å². The molecule has 0 aromatic heterocycles. The zero-order valence-corrected chi connectivity index (χ0v) is 28.9. The molecule has 0 heterocycles. The molecular weight excluding hydrogens is 554 g/mol. The maximum Gasteiger partial charge on any atom is 0.220 e. The largest absolute Gasteiger partial charge is 0.379 e. The van der Waals surface area contributed by atoms with Crippen LogP contribution < -0.4 is 5.32 Å². The van der Waals surface area contributed by atoms with Crippen molar-refractivity contribution in [1.82, 2.24) is 5.32 Å². The van der Waals surface area contributed by atoms with Crippen molar-refractivity contribution >= 4 is 23.3 Å². The van der Waals surface area contributed by atoms with Gasteiger partial charge >= 0.3 is 0 Å². The third kappa shape index (κ3) is 19.3. The predicted molar refractivity (Wildman–Crippen MR) is 167 cm³/mol. The monoisotopic (exact) mass is 615 g/mol. The van der Waals surface area contributed by atoms with Gasteiger partial charge in [0.05, 0.1) is 44.2 Å². The van der Waals surface area contributed by atoms with Crippen molar-refractivity contribution in [3.63, 3.8) is 0 Å². The quantitative estimate of drug-likeness (QED) is 0.103. The Morgan fingerprint density at radius 1 is 0.837 bits per heavy atom. The van der Waals surface area contributed by atoms with Crippen LogP contribution in [-0.4, -0.2) is 86.9 Å². The summed E-state index contributed by atoms with van der Waals surface area (Å²) >= 11 is 0. The molecule has 0 spiro atoms. The Kier molecular flexibility index (Phi) is 19.5. The smallest absolute Gasteiger partial charge is 0.220 e. The molecule has 0 aliphatic carbocycles. The van der Waals surface area contributed by atoms with Crippen LogP contribution in [-0.2, 0) is 42.9 Å². The molecule has 10 nitrogen and oxygen atoms in total. The minimum atomic E-state index is -0.929. The van der Waals surface area contributed by atoms with Crippen molar-refractivity contribution in [3.05, 3.63) is 0 Å². The highest BCUT2D eigenvalue weighted by molar-refractivity contribution is 5.83. The van der Waals surface area contributed by atoms with Crippen LogP contribution in [0, 0.1) is 11.3 Å². The molecule has 0 saturated carbocycles. The van der Waals surface area contributed by atoms with Gasteiger partial charge in [0, 0.05) is 57.2 Å². The van der Waals surface area contributed by atoms with E-state index in [1.807, 2.05) is 62.3 Å². The van der Waals surface area contributed by atoms with Crippen molar-refractivity contribution in [3.8, 4) is 0 Å². The van der Waals surface area contributed by atoms with Gasteiger partial charge in [0.2, 0.25) is 5.91 Å². The van der Waals surface area contributed by atoms with Gasteiger partial charge in [0.1, 0.15) is 17.3 Å². The number of hydrogen-bond donors (Lipinski definition) is 1. The summed E-state index contributed by atoms with van der Waals surface area (Å²) in [7, 11) is 1.59. The van der Waals surface area contributed by atoms with Crippen LogP contribution in [0.2, 0.25) is 0 Å². The standard InChI is InChI=1S/C33H61NO9/c1-12-29(37)31(6,7)23-33(10,39-11)43-32(8,9)17-20-42-26(5)13-14-30(38)34-27(21-40-18-15-25(4)35)22-41-19-16-28(36)24(2)3/h24,26-27H,12-23H2,1-11H3,(H,34,38). The van der Waals surface area contributed by atoms with Crippen LogP contribution in [0.5, 0.6) is 0 Å². The SMILES string of the molecule is CCC(=O)C(C)(C)CC(C)(OC)OC(C)(C)CCOC(C)CCC(=O)NC(COCCC(C)=O)COCCC(=O)C(C)C. The number of ketones is 3. The van der Waals surface area contributed by atoms with Crippen LogP contribution in [0.1, 0.15) is 114 Å². The second kappa shape index (κ2) is 20.3. The van der Waals surface area contributed by atoms with Gasteiger partial charge in [-0.3, -0.25) is 19.2 Å². The average molecular weight is 616 g/mol. The number of rotatable bonds is 26. The molecule has 0 saturated heterocycles. The van der Waals surface area contributed by atoms with E-state index < -0.39 is 22.8 Å². The van der Waals surface area contributed by atoms with E-state index in [1.54, 1.807) is 7.11 Å². The first-order chi connectivity index (χ1) is 19.9. The van der Waals surface area contributed by atoms with Crippen molar-refractivity contribution in [1.29, 1.82) is 0 Å². The minimum Gasteiger partial charge on any atom is -0.379 e. The van der Waals surface area contributed by atoms with E-state index >= 15 is 0 Å². The molecule has 0 aromatic carbocycles. The summed E-state index contributed by atoms with van der Waals surface area (Å²) in [5.41, 5.74) is -1.14. The lowest BCUT2D eigenvalue weighted by Gasteiger charge is -2.41. The van der Waals surface area contributed by atoms with Crippen LogP contribution in [0.4, 0.5) is 0 Å². The number of nitrogens with one attached hydrogen (secondary N) is 1. The first kappa shape index (κ1) is 41.3. The van der Waals surface area contributed by atoms with E-state index in [4.69, 9.17) is 23.7 Å². The third-order valence-electron chi connectivity index (χ3n) is 7.39. The normalized spacial score (nSPS) is 15.2. The molecule has 43 heavy (non-hydrogen) atoms. The second-order valence-corrected chi connectivity index (χ2v) is 13.2. The highest BCUT2D eigenvalue weighted by atomic mass is 16.7. The summed E-state index contributed by atoms with van der Waals surface area (Å²) in [6, 6.07) is -0.393. The Labute approximate surface area is 260 Å². The van der Waals surface area contributed by atoms with Crippen LogP contribution in [0.15, 0.2) is 0 Å². The Balaban J connectivity index is 4.73. The van der Waals surface area contributed by atoms with E-state index in [9.17, 15) is 19.2 Å². The maximum absolute atomic E-state index is 12.7. The topological polar surface area (TPSA) is 126 Å². The van der Waals surface area contributed by atoms with Gasteiger partial charge in [0.25, 0.3) is 0 Å². The molecule has 0 radical (unpaired) electrons. The summed E-state index contributed by atoms with van der Waals surface area (Å²) in [4.78, 5) is 48.1. The molecular formula is C33H61NO9. The molecule has 3 unspecified atom stereocenters. The van der Waals surface area contributed by atoms with Crippen molar-refractivity contribution < 1.29 is 42.9 Å². The second-order valence-electron chi connectivity index (χ2n) is 13.2. The average Bonchev–Trinajstić information content (AvgIpc) is 2.90. The summed E-state index contributed by atoms with van der Waals surface area (Å²) in [6.07, 6.45) is 2.76. The molecule has 0 rings (SSSR count). The number of amides is 1. The Morgan fingerprint density at radius 3 is 1.93 bits per heavy atom. The lowest BCUT2D eigenvalue weighted by molar-refractivity contribution is -0.275. The first-order valence-electron chi connectivity index (χ1n) is 15.7. The van der Waals surface area contributed by atoms with Crippen LogP contribution >= 0.6 is 0 Å². The lowest BCUT2D eigenvalue weighted by atomic mass is 9.80. The minimum absolute atomic E-state index is 0.0353. The fourth-order valence-electron chi connectivity index (χ4n) is 4.65. The molecule has 3 atom stereocenters. The van der Waals surface area contributed by atoms with Gasteiger partial charge in [-0.15, -0.1) is 0 Å². The first-order valence-corrected chi connectivity index (χ1v) is 15.7. The summed E-state index contributed by atoms with van der Waals surface area (Å²) in [6.45, 7) is 20.0. The van der Waals surface area contributed by atoms with E-state index in [0.717, 1.165) is 0 Å². The number of carbonyl (C=O) groups is 4. The fraction of sp³-hybridized carbons (Fsp3) is 0.879. The zero-order chi connectivity index (χ0) is 33.3. The molecule has 0 bridgehead atoms. The highest BCUT2D eigenvalue weighted by Crippen LogP contribution is 2.36. The summed E-state index contributed by atoms with van der Waals surface area (Å²) in [5, 5.41) is 2.94. The molecule has 10 heteroatoms. The zero-order valence-electron chi connectivity index (χ0n) is 28.9. The molecule has 0 aliphatic rings. The number of ether oxygens (including phenoxy) is 5. The molecule has 0 fully saturated rings. The molecule has 0 aliphatic heterocycles. The van der Waals surface area contributed by atoms with E-state index in [1.165, 1.54) is 6.92 Å². The Bertz CT molecular complexity index is 855. The van der Waals surface area contributed by atoms with Gasteiger partial charge < -0.3 is 29.0 Å². The van der Waals surface area contributed by atoms with Gasteiger partial charge in [-0.05, 0) is 47.5 Å². The molecule has 1 N–H and O–H groups in total. The fourth-order valence-corrected chi connectivity index (χ4v) is 4.65. The van der Waals surface area contributed by atoms with E-state index in [2.05, 4.69) is 5.32 Å². The van der Waals surface area contributed by atoms with Crippen LogP contribution in [0.3, 0.4) is 0 Å². The van der Waals surface area contributed by atoms with Gasteiger partial charge in [-0.25, -0.2) is 0 Å². The molecule has 1 amide bonds. The summed E-state index contributed by atoms with van der Waals surface area (Å²) < 4.78 is 29.3. The molecule has 0 aromatic rings. The van der Waals surface area contributed by atoms with Crippen molar-refractivity contribution in [2.75, 3.05) is 40.1 Å². The Hall–Kier alpha value is -1.72. The molecule has 252 valence electrons. The van der Waals surface area contributed by atoms with Gasteiger partial charge in [-0.2, -0.15) is 0 Å². The number of carbonyl (C=O) groups excluding carboxylic acids is 4. The van der Waals surface area contributed by atoms with Crippen LogP contribution in [0.25, 0.3) is 0 Å². The lowest BCUT2D eigenvalue weighted by Crippen LogP contribution is -2.45. The van der Waals surface area contributed by atoms with Gasteiger partial charge in [-0.1, -0.05) is 34.6 Å². The number of Topliss-reactive ketones (excluding diaryl/α,β-unsaturated/α-hetero) is 3. The maximum atomic E-state index is 12.7.